The van der Waals surface area contributed by atoms with E-state index in [0.29, 0.717) is 11.8 Å². The van der Waals surface area contributed by atoms with Crippen LogP contribution >= 0.6 is 11.8 Å². The fourth-order valence-corrected chi connectivity index (χ4v) is 2.52. The molecule has 18 heavy (non-hydrogen) atoms. The summed E-state index contributed by atoms with van der Waals surface area (Å²) in [5, 5.41) is 3.53. The zero-order valence-electron chi connectivity index (χ0n) is 11.4. The minimum absolute atomic E-state index is 0.587. The first-order valence-corrected chi connectivity index (χ1v) is 7.68. The lowest BCUT2D eigenvalue weighted by molar-refractivity contribution is 0.468. The molecule has 2 heteroatoms. The monoisotopic (exact) mass is 261 g/mol. The standard InChI is InChI=1S/C16H23NS/c1-4-11-18-12-10-17-13-16(14(2)3)15-8-6-5-7-9-15/h1,5-9,14,16-17H,10-13H2,2-3H3. The van der Waals surface area contributed by atoms with Crippen molar-refractivity contribution < 1.29 is 0 Å². The first-order chi connectivity index (χ1) is 8.75. The summed E-state index contributed by atoms with van der Waals surface area (Å²) in [5.74, 6) is 5.79. The number of terminal acetylenes is 1. The third-order valence-electron chi connectivity index (χ3n) is 3.01. The number of hydrogen-bond acceptors (Lipinski definition) is 2. The average Bonchev–Trinajstić information content (AvgIpc) is 2.38. The minimum atomic E-state index is 0.587. The molecule has 1 aromatic carbocycles. The number of nitrogens with one attached hydrogen (secondary N) is 1. The van der Waals surface area contributed by atoms with Gasteiger partial charge in [0.1, 0.15) is 0 Å². The Kier molecular flexibility index (Phi) is 7.64. The molecule has 1 rings (SSSR count). The first kappa shape index (κ1) is 15.1. The van der Waals surface area contributed by atoms with Crippen LogP contribution in [0, 0.1) is 18.3 Å². The van der Waals surface area contributed by atoms with Gasteiger partial charge in [0.15, 0.2) is 0 Å². The Morgan fingerprint density at radius 3 is 2.61 bits per heavy atom. The molecule has 1 nitrogen and oxygen atoms in total. The van der Waals surface area contributed by atoms with Gasteiger partial charge in [0.2, 0.25) is 0 Å². The largest absolute Gasteiger partial charge is 0.315 e. The quantitative estimate of drug-likeness (QED) is 0.569. The van der Waals surface area contributed by atoms with Crippen molar-refractivity contribution in [1.29, 1.82) is 0 Å². The molecule has 0 aliphatic rings. The topological polar surface area (TPSA) is 12.0 Å². The summed E-state index contributed by atoms with van der Waals surface area (Å²) < 4.78 is 0. The van der Waals surface area contributed by atoms with Crippen LogP contribution in [0.15, 0.2) is 30.3 Å². The van der Waals surface area contributed by atoms with E-state index in [1.165, 1.54) is 5.56 Å². The van der Waals surface area contributed by atoms with E-state index in [2.05, 4.69) is 55.4 Å². The molecule has 0 saturated heterocycles. The Hall–Kier alpha value is -0.910. The second-order valence-corrected chi connectivity index (χ2v) is 5.83. The summed E-state index contributed by atoms with van der Waals surface area (Å²) in [7, 11) is 0. The highest BCUT2D eigenvalue weighted by Gasteiger charge is 2.14. The molecular weight excluding hydrogens is 238 g/mol. The van der Waals surface area contributed by atoms with E-state index >= 15 is 0 Å². The highest BCUT2D eigenvalue weighted by atomic mass is 32.2. The Balaban J connectivity index is 2.34. The highest BCUT2D eigenvalue weighted by Crippen LogP contribution is 2.23. The van der Waals surface area contributed by atoms with Gasteiger partial charge in [0, 0.05) is 18.8 Å². The van der Waals surface area contributed by atoms with Gasteiger partial charge in [0.05, 0.1) is 5.75 Å². The SMILES string of the molecule is C#CCSCCNCC(c1ccccc1)C(C)C. The van der Waals surface area contributed by atoms with Gasteiger partial charge in [-0.25, -0.2) is 0 Å². The van der Waals surface area contributed by atoms with Gasteiger partial charge >= 0.3 is 0 Å². The van der Waals surface area contributed by atoms with Gasteiger partial charge in [-0.3, -0.25) is 0 Å². The maximum Gasteiger partial charge on any atom is 0.0545 e. The van der Waals surface area contributed by atoms with Crippen LogP contribution in [0.5, 0.6) is 0 Å². The zero-order chi connectivity index (χ0) is 13.2. The predicted octanol–water partition coefficient (Wildman–Crippen LogP) is 3.38. The average molecular weight is 261 g/mol. The molecule has 98 valence electrons. The molecule has 1 atom stereocenters. The highest BCUT2D eigenvalue weighted by molar-refractivity contribution is 7.99. The number of thioether (sulfide) groups is 1. The smallest absolute Gasteiger partial charge is 0.0545 e. The summed E-state index contributed by atoms with van der Waals surface area (Å²) in [6, 6.07) is 10.8. The zero-order valence-corrected chi connectivity index (χ0v) is 12.2. The molecule has 0 spiro atoms. The van der Waals surface area contributed by atoms with Crippen molar-refractivity contribution in [3.05, 3.63) is 35.9 Å². The Morgan fingerprint density at radius 2 is 2.00 bits per heavy atom. The van der Waals surface area contributed by atoms with Gasteiger partial charge in [-0.2, -0.15) is 0 Å². The van der Waals surface area contributed by atoms with Crippen LogP contribution in [0.2, 0.25) is 0 Å². The third-order valence-corrected chi connectivity index (χ3v) is 3.87. The van der Waals surface area contributed by atoms with Crippen LogP contribution in [0.3, 0.4) is 0 Å². The van der Waals surface area contributed by atoms with E-state index in [0.717, 1.165) is 24.6 Å². The molecule has 0 bridgehead atoms. The molecule has 1 unspecified atom stereocenters. The fraction of sp³-hybridized carbons (Fsp3) is 0.500. The predicted molar refractivity (Wildman–Crippen MR) is 83.0 cm³/mol. The summed E-state index contributed by atoms with van der Waals surface area (Å²) in [6.45, 7) is 6.64. The second kappa shape index (κ2) is 9.08. The van der Waals surface area contributed by atoms with Gasteiger partial charge in [0.25, 0.3) is 0 Å². The van der Waals surface area contributed by atoms with Crippen molar-refractivity contribution in [2.75, 3.05) is 24.6 Å². The molecule has 0 radical (unpaired) electrons. The van der Waals surface area contributed by atoms with Crippen molar-refractivity contribution in [3.63, 3.8) is 0 Å². The van der Waals surface area contributed by atoms with E-state index in [1.54, 1.807) is 0 Å². The molecule has 1 aromatic rings. The van der Waals surface area contributed by atoms with Crippen molar-refractivity contribution in [2.45, 2.75) is 19.8 Å². The summed E-state index contributed by atoms with van der Waals surface area (Å²) in [5.41, 5.74) is 1.43. The lowest BCUT2D eigenvalue weighted by Crippen LogP contribution is -2.26. The Bertz CT molecular complexity index is 353. The summed E-state index contributed by atoms with van der Waals surface area (Å²) in [6.07, 6.45) is 5.22. The van der Waals surface area contributed by atoms with E-state index < -0.39 is 0 Å². The fourth-order valence-electron chi connectivity index (χ4n) is 1.97. The summed E-state index contributed by atoms with van der Waals surface area (Å²) >= 11 is 1.81. The van der Waals surface area contributed by atoms with E-state index in [9.17, 15) is 0 Å². The molecule has 0 fully saturated rings. The van der Waals surface area contributed by atoms with Crippen LogP contribution in [0.25, 0.3) is 0 Å². The molecule has 0 aromatic heterocycles. The molecule has 0 aliphatic carbocycles. The Labute approximate surface area is 116 Å². The van der Waals surface area contributed by atoms with Crippen LogP contribution in [0.4, 0.5) is 0 Å². The number of benzene rings is 1. The van der Waals surface area contributed by atoms with E-state index in [4.69, 9.17) is 6.42 Å². The number of rotatable bonds is 8. The minimum Gasteiger partial charge on any atom is -0.315 e. The van der Waals surface area contributed by atoms with E-state index in [-0.39, 0.29) is 0 Å². The molecule has 0 saturated carbocycles. The van der Waals surface area contributed by atoms with Crippen LogP contribution < -0.4 is 5.32 Å². The molecule has 0 heterocycles. The Morgan fingerprint density at radius 1 is 1.28 bits per heavy atom. The van der Waals surface area contributed by atoms with Crippen LogP contribution in [-0.2, 0) is 0 Å². The third kappa shape index (κ3) is 5.62. The van der Waals surface area contributed by atoms with Crippen molar-refractivity contribution in [3.8, 4) is 12.3 Å². The second-order valence-electron chi connectivity index (χ2n) is 4.72. The van der Waals surface area contributed by atoms with Gasteiger partial charge < -0.3 is 5.32 Å². The van der Waals surface area contributed by atoms with Gasteiger partial charge in [-0.1, -0.05) is 50.1 Å². The van der Waals surface area contributed by atoms with Crippen molar-refractivity contribution >= 4 is 11.8 Å². The molecule has 1 N–H and O–H groups in total. The molecule has 0 amide bonds. The first-order valence-electron chi connectivity index (χ1n) is 6.52. The van der Waals surface area contributed by atoms with Gasteiger partial charge in [-0.05, 0) is 17.4 Å². The van der Waals surface area contributed by atoms with Crippen LogP contribution in [0.1, 0.15) is 25.3 Å². The van der Waals surface area contributed by atoms with E-state index in [1.807, 2.05) is 11.8 Å². The van der Waals surface area contributed by atoms with Crippen molar-refractivity contribution in [1.82, 2.24) is 5.32 Å². The maximum atomic E-state index is 5.22. The van der Waals surface area contributed by atoms with Crippen LogP contribution in [-0.4, -0.2) is 24.6 Å². The normalized spacial score (nSPS) is 12.3. The maximum absolute atomic E-state index is 5.22. The molecular formula is C16H23NS. The van der Waals surface area contributed by atoms with Crippen molar-refractivity contribution in [2.24, 2.45) is 5.92 Å². The lowest BCUT2D eigenvalue weighted by atomic mass is 9.88. The van der Waals surface area contributed by atoms with Gasteiger partial charge in [-0.15, -0.1) is 18.2 Å². The lowest BCUT2D eigenvalue weighted by Gasteiger charge is -2.22. The number of hydrogen-bond donors (Lipinski definition) is 1. The summed E-state index contributed by atoms with van der Waals surface area (Å²) in [4.78, 5) is 0. The molecule has 0 aliphatic heterocycles.